The lowest BCUT2D eigenvalue weighted by molar-refractivity contribution is 0.477. The topological polar surface area (TPSA) is 68.1 Å². The Bertz CT molecular complexity index is 1190. The third-order valence-corrected chi connectivity index (χ3v) is 8.46. The Morgan fingerprint density at radius 1 is 1.13 bits per heavy atom. The van der Waals surface area contributed by atoms with Crippen LogP contribution in [-0.4, -0.2) is 40.6 Å². The van der Waals surface area contributed by atoms with Crippen LogP contribution >= 0.6 is 23.4 Å². The summed E-state index contributed by atoms with van der Waals surface area (Å²) in [4.78, 5) is 0.268. The zero-order valence-corrected chi connectivity index (χ0v) is 19.4. The third-order valence-electron chi connectivity index (χ3n) is 5.20. The van der Waals surface area contributed by atoms with Crippen LogP contribution in [0.1, 0.15) is 25.3 Å². The van der Waals surface area contributed by atoms with E-state index in [2.05, 4.69) is 10.2 Å². The van der Waals surface area contributed by atoms with Gasteiger partial charge in [-0.2, -0.15) is 4.31 Å². The van der Waals surface area contributed by atoms with Gasteiger partial charge in [0, 0.05) is 36.0 Å². The van der Waals surface area contributed by atoms with Crippen molar-refractivity contribution in [1.82, 2.24) is 19.1 Å². The van der Waals surface area contributed by atoms with Crippen LogP contribution < -0.4 is 0 Å². The fourth-order valence-electron chi connectivity index (χ4n) is 3.55. The highest BCUT2D eigenvalue weighted by molar-refractivity contribution is 7.98. The number of halogens is 2. The van der Waals surface area contributed by atoms with E-state index >= 15 is 0 Å². The summed E-state index contributed by atoms with van der Waals surface area (Å²) in [5.74, 6) is 0.746. The molecule has 1 saturated heterocycles. The highest BCUT2D eigenvalue weighted by atomic mass is 35.5. The van der Waals surface area contributed by atoms with Gasteiger partial charge in [0.1, 0.15) is 5.82 Å². The molecule has 10 heteroatoms. The number of hydrogen-bond donors (Lipinski definition) is 0. The lowest BCUT2D eigenvalue weighted by Crippen LogP contribution is -2.27. The van der Waals surface area contributed by atoms with Gasteiger partial charge >= 0.3 is 0 Å². The van der Waals surface area contributed by atoms with Gasteiger partial charge in [0.15, 0.2) is 11.0 Å². The standard InChI is InChI=1S/C21H22ClFN4O2S2/c1-2-27-20(24-25-21(27)30-14-16-8-9-17(23)13-19(16)22)15-6-5-7-18(12-15)31(28,29)26-10-3-4-11-26/h5-9,12-13H,2-4,10-11,14H2,1H3. The van der Waals surface area contributed by atoms with Crippen molar-refractivity contribution in [2.75, 3.05) is 13.1 Å². The van der Waals surface area contributed by atoms with Crippen LogP contribution in [0, 0.1) is 5.82 Å². The van der Waals surface area contributed by atoms with Crippen molar-refractivity contribution < 1.29 is 12.8 Å². The number of hydrogen-bond acceptors (Lipinski definition) is 5. The maximum absolute atomic E-state index is 13.3. The minimum atomic E-state index is -3.51. The quantitative estimate of drug-likeness (QED) is 0.453. The maximum atomic E-state index is 13.3. The van der Waals surface area contributed by atoms with Crippen molar-refractivity contribution in [2.45, 2.75) is 42.1 Å². The van der Waals surface area contributed by atoms with Crippen LogP contribution in [-0.2, 0) is 22.3 Å². The molecule has 1 fully saturated rings. The van der Waals surface area contributed by atoms with E-state index in [0.717, 1.165) is 18.4 Å². The number of sulfonamides is 1. The van der Waals surface area contributed by atoms with Gasteiger partial charge in [-0.25, -0.2) is 12.8 Å². The van der Waals surface area contributed by atoms with E-state index < -0.39 is 10.0 Å². The Kier molecular flexibility index (Phi) is 6.66. The second-order valence-electron chi connectivity index (χ2n) is 7.21. The van der Waals surface area contributed by atoms with Crippen molar-refractivity contribution in [1.29, 1.82) is 0 Å². The number of rotatable bonds is 7. The lowest BCUT2D eigenvalue weighted by atomic mass is 10.2. The van der Waals surface area contributed by atoms with Crippen molar-refractivity contribution in [3.05, 3.63) is 58.9 Å². The molecule has 0 saturated carbocycles. The van der Waals surface area contributed by atoms with Crippen molar-refractivity contribution in [2.24, 2.45) is 0 Å². The molecule has 2 heterocycles. The molecule has 0 N–H and O–H groups in total. The second-order valence-corrected chi connectivity index (χ2v) is 10.5. The first-order chi connectivity index (χ1) is 14.9. The van der Waals surface area contributed by atoms with E-state index in [4.69, 9.17) is 11.6 Å². The van der Waals surface area contributed by atoms with E-state index in [1.54, 1.807) is 24.3 Å². The number of nitrogens with zero attached hydrogens (tertiary/aromatic N) is 4. The molecule has 31 heavy (non-hydrogen) atoms. The normalized spacial score (nSPS) is 14.9. The summed E-state index contributed by atoms with van der Waals surface area (Å²) >= 11 is 7.57. The molecular formula is C21H22ClFN4O2S2. The van der Waals surface area contributed by atoms with E-state index in [-0.39, 0.29) is 10.7 Å². The first kappa shape index (κ1) is 22.3. The molecule has 0 amide bonds. The molecule has 1 aliphatic rings. The second kappa shape index (κ2) is 9.28. The molecule has 2 aromatic carbocycles. The molecule has 1 aliphatic heterocycles. The van der Waals surface area contributed by atoms with Crippen molar-refractivity contribution in [3.63, 3.8) is 0 Å². The van der Waals surface area contributed by atoms with Crippen LogP contribution in [0.2, 0.25) is 5.02 Å². The first-order valence-corrected chi connectivity index (χ1v) is 12.8. The Labute approximate surface area is 190 Å². The lowest BCUT2D eigenvalue weighted by Gasteiger charge is -2.16. The molecule has 0 radical (unpaired) electrons. The summed E-state index contributed by atoms with van der Waals surface area (Å²) in [6.45, 7) is 3.71. The summed E-state index contributed by atoms with van der Waals surface area (Å²) < 4.78 is 42.6. The van der Waals surface area contributed by atoms with Crippen LogP contribution in [0.3, 0.4) is 0 Å². The minimum absolute atomic E-state index is 0.268. The summed E-state index contributed by atoms with van der Waals surface area (Å²) in [6, 6.07) is 11.2. The van der Waals surface area contributed by atoms with E-state index in [1.165, 1.54) is 28.2 Å². The van der Waals surface area contributed by atoms with Gasteiger partial charge < -0.3 is 4.57 Å². The highest BCUT2D eigenvalue weighted by Crippen LogP contribution is 2.30. The van der Waals surface area contributed by atoms with Crippen LogP contribution in [0.5, 0.6) is 0 Å². The van der Waals surface area contributed by atoms with Gasteiger partial charge in [-0.15, -0.1) is 10.2 Å². The summed E-state index contributed by atoms with van der Waals surface area (Å²) in [5, 5.41) is 9.67. The van der Waals surface area contributed by atoms with Gasteiger partial charge in [0.05, 0.1) is 4.90 Å². The fraction of sp³-hybridized carbons (Fsp3) is 0.333. The largest absolute Gasteiger partial charge is 0.302 e. The number of benzene rings is 2. The van der Waals surface area contributed by atoms with Gasteiger partial charge in [-0.3, -0.25) is 0 Å². The van der Waals surface area contributed by atoms with Gasteiger partial charge in [-0.1, -0.05) is 41.6 Å². The zero-order valence-electron chi connectivity index (χ0n) is 17.0. The molecule has 1 aromatic heterocycles. The van der Waals surface area contributed by atoms with E-state index in [9.17, 15) is 12.8 Å². The number of thioether (sulfide) groups is 1. The smallest absolute Gasteiger partial charge is 0.243 e. The molecule has 6 nitrogen and oxygen atoms in total. The highest BCUT2D eigenvalue weighted by Gasteiger charge is 2.27. The Morgan fingerprint density at radius 3 is 2.61 bits per heavy atom. The van der Waals surface area contributed by atoms with Crippen molar-refractivity contribution in [3.8, 4) is 11.4 Å². The molecule has 0 bridgehead atoms. The third kappa shape index (κ3) is 4.64. The summed E-state index contributed by atoms with van der Waals surface area (Å²) in [7, 11) is -3.51. The SMILES string of the molecule is CCn1c(SCc2ccc(F)cc2Cl)nnc1-c1cccc(S(=O)(=O)N2CCCC2)c1. The Hall–Kier alpha value is -1.94. The van der Waals surface area contributed by atoms with Crippen LogP contribution in [0.15, 0.2) is 52.5 Å². The molecule has 0 atom stereocenters. The van der Waals surface area contributed by atoms with Crippen LogP contribution in [0.4, 0.5) is 4.39 Å². The molecule has 0 aliphatic carbocycles. The first-order valence-electron chi connectivity index (χ1n) is 10.0. The molecule has 164 valence electrons. The Balaban J connectivity index is 1.60. The average molecular weight is 481 g/mol. The zero-order chi connectivity index (χ0) is 22.0. The monoisotopic (exact) mass is 480 g/mol. The predicted molar refractivity (Wildman–Crippen MR) is 120 cm³/mol. The van der Waals surface area contributed by atoms with E-state index in [0.29, 0.717) is 47.0 Å². The maximum Gasteiger partial charge on any atom is 0.243 e. The van der Waals surface area contributed by atoms with Crippen LogP contribution in [0.25, 0.3) is 11.4 Å². The van der Waals surface area contributed by atoms with Gasteiger partial charge in [0.2, 0.25) is 10.0 Å². The van der Waals surface area contributed by atoms with Gasteiger partial charge in [0.25, 0.3) is 0 Å². The minimum Gasteiger partial charge on any atom is -0.302 e. The Morgan fingerprint density at radius 2 is 1.90 bits per heavy atom. The molecule has 0 spiro atoms. The van der Waals surface area contributed by atoms with Crippen molar-refractivity contribution >= 4 is 33.4 Å². The molecule has 0 unspecified atom stereocenters. The number of aromatic nitrogens is 3. The fourth-order valence-corrected chi connectivity index (χ4v) is 6.43. The summed E-state index contributed by atoms with van der Waals surface area (Å²) in [5.41, 5.74) is 1.50. The molecular weight excluding hydrogens is 459 g/mol. The molecule has 4 rings (SSSR count). The average Bonchev–Trinajstić information content (AvgIpc) is 3.43. The summed E-state index contributed by atoms with van der Waals surface area (Å²) in [6.07, 6.45) is 1.78. The predicted octanol–water partition coefficient (Wildman–Crippen LogP) is 4.83. The molecule has 3 aromatic rings. The van der Waals surface area contributed by atoms with E-state index in [1.807, 2.05) is 17.6 Å². The van der Waals surface area contributed by atoms with Gasteiger partial charge in [-0.05, 0) is 49.6 Å².